The SMILES string of the molecule is COCC1CN(C(=O)c2ccc(CNC(C)=O)cc2)CC(C)(C)O1. The zero-order chi connectivity index (χ0) is 17.7. The average Bonchev–Trinajstić information content (AvgIpc) is 2.51. The molecule has 1 fully saturated rings. The lowest BCUT2D eigenvalue weighted by molar-refractivity contribution is -0.143. The van der Waals surface area contributed by atoms with Crippen LogP contribution in [0.5, 0.6) is 0 Å². The molecule has 2 amide bonds. The molecule has 1 unspecified atom stereocenters. The van der Waals surface area contributed by atoms with E-state index < -0.39 is 5.60 Å². The van der Waals surface area contributed by atoms with Gasteiger partial charge in [0.2, 0.25) is 5.91 Å². The Balaban J connectivity index is 2.05. The number of carbonyl (C=O) groups excluding carboxylic acids is 2. The minimum absolute atomic E-state index is 0.0152. The average molecular weight is 334 g/mol. The number of carbonyl (C=O) groups is 2. The second-order valence-electron chi connectivity index (χ2n) is 6.75. The third-order valence-corrected chi connectivity index (χ3v) is 3.86. The first kappa shape index (κ1) is 18.4. The molecule has 1 saturated heterocycles. The van der Waals surface area contributed by atoms with Crippen LogP contribution in [0.4, 0.5) is 0 Å². The largest absolute Gasteiger partial charge is 0.382 e. The summed E-state index contributed by atoms with van der Waals surface area (Å²) >= 11 is 0. The first-order valence-corrected chi connectivity index (χ1v) is 8.10. The van der Waals surface area contributed by atoms with Crippen molar-refractivity contribution in [3.63, 3.8) is 0 Å². The molecule has 6 nitrogen and oxygen atoms in total. The van der Waals surface area contributed by atoms with Crippen molar-refractivity contribution in [1.82, 2.24) is 10.2 Å². The molecule has 1 aromatic rings. The van der Waals surface area contributed by atoms with Crippen molar-refractivity contribution in [3.8, 4) is 0 Å². The van der Waals surface area contributed by atoms with E-state index in [4.69, 9.17) is 9.47 Å². The second kappa shape index (κ2) is 7.77. The topological polar surface area (TPSA) is 67.9 Å². The molecule has 0 spiro atoms. The van der Waals surface area contributed by atoms with Crippen LogP contribution in [0, 0.1) is 0 Å². The van der Waals surface area contributed by atoms with E-state index in [0.29, 0.717) is 31.8 Å². The molecule has 0 aliphatic carbocycles. The second-order valence-corrected chi connectivity index (χ2v) is 6.75. The van der Waals surface area contributed by atoms with Crippen molar-refractivity contribution in [3.05, 3.63) is 35.4 Å². The van der Waals surface area contributed by atoms with Gasteiger partial charge >= 0.3 is 0 Å². The van der Waals surface area contributed by atoms with E-state index >= 15 is 0 Å². The molecule has 1 aromatic carbocycles. The Morgan fingerprint density at radius 1 is 1.33 bits per heavy atom. The van der Waals surface area contributed by atoms with Gasteiger partial charge in [-0.1, -0.05) is 12.1 Å². The van der Waals surface area contributed by atoms with Gasteiger partial charge in [-0.2, -0.15) is 0 Å². The van der Waals surface area contributed by atoms with E-state index in [2.05, 4.69) is 5.32 Å². The summed E-state index contributed by atoms with van der Waals surface area (Å²) in [5, 5.41) is 2.74. The van der Waals surface area contributed by atoms with Crippen molar-refractivity contribution in [2.45, 2.75) is 39.0 Å². The van der Waals surface area contributed by atoms with Gasteiger partial charge in [0.15, 0.2) is 0 Å². The van der Waals surface area contributed by atoms with Crippen LogP contribution in [0.2, 0.25) is 0 Å². The van der Waals surface area contributed by atoms with Gasteiger partial charge in [-0.3, -0.25) is 9.59 Å². The number of rotatable bonds is 5. The Kier molecular flexibility index (Phi) is 5.96. The van der Waals surface area contributed by atoms with Crippen LogP contribution >= 0.6 is 0 Å². The molecule has 1 N–H and O–H groups in total. The van der Waals surface area contributed by atoms with Crippen LogP contribution in [0.1, 0.15) is 36.7 Å². The highest BCUT2D eigenvalue weighted by Gasteiger charge is 2.35. The van der Waals surface area contributed by atoms with E-state index in [1.54, 1.807) is 19.2 Å². The lowest BCUT2D eigenvalue weighted by Crippen LogP contribution is -2.55. The zero-order valence-corrected chi connectivity index (χ0v) is 14.8. The van der Waals surface area contributed by atoms with Crippen molar-refractivity contribution in [1.29, 1.82) is 0 Å². The van der Waals surface area contributed by atoms with Gasteiger partial charge in [0, 0.05) is 39.2 Å². The van der Waals surface area contributed by atoms with Crippen LogP contribution in [0.25, 0.3) is 0 Å². The van der Waals surface area contributed by atoms with Crippen LogP contribution in [-0.2, 0) is 20.8 Å². The molecule has 1 aliphatic heterocycles. The maximum Gasteiger partial charge on any atom is 0.254 e. The Labute approximate surface area is 143 Å². The first-order valence-electron chi connectivity index (χ1n) is 8.10. The Bertz CT molecular complexity index is 583. The fraction of sp³-hybridized carbons (Fsp3) is 0.556. The fourth-order valence-corrected chi connectivity index (χ4v) is 2.90. The number of nitrogens with one attached hydrogen (secondary N) is 1. The molecule has 1 heterocycles. The molecule has 2 rings (SSSR count). The lowest BCUT2D eigenvalue weighted by atomic mass is 10.0. The summed E-state index contributed by atoms with van der Waals surface area (Å²) in [6, 6.07) is 7.32. The number of ether oxygens (including phenoxy) is 2. The highest BCUT2D eigenvalue weighted by molar-refractivity contribution is 5.94. The minimum atomic E-state index is -0.400. The van der Waals surface area contributed by atoms with Gasteiger partial charge in [-0.25, -0.2) is 0 Å². The molecule has 6 heteroatoms. The van der Waals surface area contributed by atoms with E-state index in [-0.39, 0.29) is 17.9 Å². The molecule has 24 heavy (non-hydrogen) atoms. The summed E-state index contributed by atoms with van der Waals surface area (Å²) in [6.45, 7) is 7.42. The number of morpholine rings is 1. The van der Waals surface area contributed by atoms with Gasteiger partial charge in [-0.15, -0.1) is 0 Å². The quantitative estimate of drug-likeness (QED) is 0.888. The number of benzene rings is 1. The minimum Gasteiger partial charge on any atom is -0.382 e. The highest BCUT2D eigenvalue weighted by Crippen LogP contribution is 2.23. The van der Waals surface area contributed by atoms with Crippen molar-refractivity contribution in [2.24, 2.45) is 0 Å². The predicted octanol–water partition coefficient (Wildman–Crippen LogP) is 1.59. The van der Waals surface area contributed by atoms with Crippen molar-refractivity contribution < 1.29 is 19.1 Å². The summed E-state index contributed by atoms with van der Waals surface area (Å²) in [6.07, 6.45) is -0.123. The molecule has 132 valence electrons. The monoisotopic (exact) mass is 334 g/mol. The smallest absolute Gasteiger partial charge is 0.254 e. The van der Waals surface area contributed by atoms with E-state index in [1.807, 2.05) is 30.9 Å². The van der Waals surface area contributed by atoms with E-state index in [9.17, 15) is 9.59 Å². The van der Waals surface area contributed by atoms with Crippen molar-refractivity contribution in [2.75, 3.05) is 26.8 Å². The Morgan fingerprint density at radius 2 is 2.00 bits per heavy atom. The summed E-state index contributed by atoms with van der Waals surface area (Å²) in [7, 11) is 1.63. The van der Waals surface area contributed by atoms with Crippen LogP contribution in [0.3, 0.4) is 0 Å². The number of nitrogens with zero attached hydrogens (tertiary/aromatic N) is 1. The summed E-state index contributed by atoms with van der Waals surface area (Å²) in [5.74, 6) is -0.0894. The number of hydrogen-bond acceptors (Lipinski definition) is 4. The zero-order valence-electron chi connectivity index (χ0n) is 14.8. The van der Waals surface area contributed by atoms with Gasteiger partial charge in [-0.05, 0) is 31.5 Å². The van der Waals surface area contributed by atoms with E-state index in [0.717, 1.165) is 5.56 Å². The normalized spacial score (nSPS) is 19.8. The maximum absolute atomic E-state index is 12.8. The summed E-state index contributed by atoms with van der Waals surface area (Å²) < 4.78 is 11.1. The summed E-state index contributed by atoms with van der Waals surface area (Å²) in [4.78, 5) is 25.5. The third kappa shape index (κ3) is 5.04. The third-order valence-electron chi connectivity index (χ3n) is 3.86. The molecular formula is C18H26N2O4. The lowest BCUT2D eigenvalue weighted by Gasteiger charge is -2.42. The van der Waals surface area contributed by atoms with Crippen LogP contribution in [0.15, 0.2) is 24.3 Å². The van der Waals surface area contributed by atoms with Gasteiger partial charge in [0.05, 0.1) is 18.3 Å². The first-order chi connectivity index (χ1) is 11.3. The fourth-order valence-electron chi connectivity index (χ4n) is 2.90. The van der Waals surface area contributed by atoms with Gasteiger partial charge < -0.3 is 19.7 Å². The molecule has 0 bridgehead atoms. The maximum atomic E-state index is 12.8. The van der Waals surface area contributed by atoms with E-state index in [1.165, 1.54) is 6.92 Å². The Morgan fingerprint density at radius 3 is 2.58 bits per heavy atom. The number of methoxy groups -OCH3 is 1. The van der Waals surface area contributed by atoms with Gasteiger partial charge in [0.1, 0.15) is 0 Å². The molecule has 1 aliphatic rings. The highest BCUT2D eigenvalue weighted by atomic mass is 16.5. The predicted molar refractivity (Wildman–Crippen MR) is 90.7 cm³/mol. The number of hydrogen-bond donors (Lipinski definition) is 1. The molecule has 1 atom stereocenters. The standard InChI is InChI=1S/C18H26N2O4/c1-13(21)19-9-14-5-7-15(8-6-14)17(22)20-10-16(11-23-4)24-18(2,3)12-20/h5-8,16H,9-12H2,1-4H3,(H,19,21). The number of amides is 2. The molecular weight excluding hydrogens is 308 g/mol. The van der Waals surface area contributed by atoms with Crippen molar-refractivity contribution >= 4 is 11.8 Å². The Hall–Kier alpha value is -1.92. The molecule has 0 radical (unpaired) electrons. The molecule has 0 saturated carbocycles. The van der Waals surface area contributed by atoms with Crippen LogP contribution < -0.4 is 5.32 Å². The summed E-state index contributed by atoms with van der Waals surface area (Å²) in [5.41, 5.74) is 1.19. The van der Waals surface area contributed by atoms with Gasteiger partial charge in [0.25, 0.3) is 5.91 Å². The van der Waals surface area contributed by atoms with Crippen LogP contribution in [-0.4, -0.2) is 55.2 Å². The molecule has 0 aromatic heterocycles.